The van der Waals surface area contributed by atoms with Crippen molar-refractivity contribution in [3.8, 4) is 0 Å². The van der Waals surface area contributed by atoms with Crippen molar-refractivity contribution in [3.63, 3.8) is 0 Å². The monoisotopic (exact) mass is 244 g/mol. The predicted octanol–water partition coefficient (Wildman–Crippen LogP) is 2.93. The predicted molar refractivity (Wildman–Crippen MR) is 74.6 cm³/mol. The molecule has 2 N–H and O–H groups in total. The van der Waals surface area contributed by atoms with Crippen molar-refractivity contribution in [3.05, 3.63) is 35.5 Å². The van der Waals surface area contributed by atoms with Crippen molar-refractivity contribution >= 4 is 16.8 Å². The maximum atomic E-state index is 12.0. The molecule has 0 radical (unpaired) electrons. The lowest BCUT2D eigenvalue weighted by atomic mass is 10.1. The van der Waals surface area contributed by atoms with Crippen LogP contribution in [0.15, 0.2) is 24.3 Å². The third-order valence-electron chi connectivity index (χ3n) is 2.88. The van der Waals surface area contributed by atoms with Crippen molar-refractivity contribution in [2.24, 2.45) is 0 Å². The fourth-order valence-corrected chi connectivity index (χ4v) is 2.19. The zero-order valence-electron chi connectivity index (χ0n) is 11.4. The molecular weight excluding hydrogens is 224 g/mol. The van der Waals surface area contributed by atoms with Crippen LogP contribution in [-0.4, -0.2) is 16.4 Å². The Morgan fingerprint density at radius 1 is 1.28 bits per heavy atom. The average molecular weight is 244 g/mol. The van der Waals surface area contributed by atoms with E-state index in [1.807, 2.05) is 45.9 Å². The summed E-state index contributed by atoms with van der Waals surface area (Å²) in [6.45, 7) is 7.99. The van der Waals surface area contributed by atoms with E-state index >= 15 is 0 Å². The van der Waals surface area contributed by atoms with E-state index in [0.717, 1.165) is 22.2 Å². The highest BCUT2D eigenvalue weighted by molar-refractivity contribution is 5.90. The summed E-state index contributed by atoms with van der Waals surface area (Å²) in [6.07, 6.45) is 0.424. The summed E-state index contributed by atoms with van der Waals surface area (Å²) < 4.78 is 0. The Labute approximate surface area is 108 Å². The number of aryl methyl sites for hydroxylation is 1. The summed E-state index contributed by atoms with van der Waals surface area (Å²) >= 11 is 0. The van der Waals surface area contributed by atoms with Gasteiger partial charge in [-0.1, -0.05) is 18.2 Å². The van der Waals surface area contributed by atoms with Crippen LogP contribution in [0.4, 0.5) is 0 Å². The first-order chi connectivity index (χ1) is 8.37. The number of nitrogens with one attached hydrogen (secondary N) is 2. The van der Waals surface area contributed by atoms with E-state index in [4.69, 9.17) is 0 Å². The molecule has 0 bridgehead atoms. The molecular formula is C15H20N2O. The molecule has 3 heteroatoms. The van der Waals surface area contributed by atoms with Gasteiger partial charge in [-0.3, -0.25) is 4.79 Å². The molecule has 0 aliphatic rings. The first kappa shape index (κ1) is 12.7. The van der Waals surface area contributed by atoms with Gasteiger partial charge >= 0.3 is 0 Å². The normalized spacial score (nSPS) is 11.8. The Hall–Kier alpha value is -1.77. The molecule has 0 unspecified atom stereocenters. The Morgan fingerprint density at radius 3 is 2.61 bits per heavy atom. The lowest BCUT2D eigenvalue weighted by Crippen LogP contribution is -2.41. The number of aromatic nitrogens is 1. The van der Waals surface area contributed by atoms with E-state index in [2.05, 4.69) is 16.4 Å². The Morgan fingerprint density at radius 2 is 1.94 bits per heavy atom. The number of fused-ring (bicyclic) bond motifs is 1. The molecule has 0 aliphatic heterocycles. The molecule has 0 saturated carbocycles. The van der Waals surface area contributed by atoms with Gasteiger partial charge in [0, 0.05) is 22.1 Å². The van der Waals surface area contributed by atoms with Gasteiger partial charge in [-0.25, -0.2) is 0 Å². The molecule has 2 aromatic rings. The van der Waals surface area contributed by atoms with Crippen LogP contribution in [-0.2, 0) is 11.2 Å². The van der Waals surface area contributed by atoms with Crippen LogP contribution < -0.4 is 5.32 Å². The van der Waals surface area contributed by atoms with Gasteiger partial charge in [-0.15, -0.1) is 0 Å². The average Bonchev–Trinajstić information content (AvgIpc) is 2.53. The highest BCUT2D eigenvalue weighted by Gasteiger charge is 2.16. The Balaban J connectivity index is 2.27. The zero-order valence-corrected chi connectivity index (χ0v) is 11.4. The molecule has 0 fully saturated rings. The van der Waals surface area contributed by atoms with Crippen LogP contribution in [0.2, 0.25) is 0 Å². The first-order valence-electron chi connectivity index (χ1n) is 6.24. The summed E-state index contributed by atoms with van der Waals surface area (Å²) in [5, 5.41) is 4.13. The number of hydrogen-bond donors (Lipinski definition) is 2. The molecule has 0 saturated heterocycles. The number of hydrogen-bond acceptors (Lipinski definition) is 1. The molecule has 0 spiro atoms. The largest absolute Gasteiger partial charge is 0.358 e. The van der Waals surface area contributed by atoms with Gasteiger partial charge in [0.1, 0.15) is 0 Å². The fraction of sp³-hybridized carbons (Fsp3) is 0.400. The summed E-state index contributed by atoms with van der Waals surface area (Å²) in [5.41, 5.74) is 3.07. The Kier molecular flexibility index (Phi) is 3.16. The van der Waals surface area contributed by atoms with E-state index in [1.54, 1.807) is 0 Å². The number of carbonyl (C=O) groups is 1. The van der Waals surface area contributed by atoms with E-state index in [-0.39, 0.29) is 11.4 Å². The van der Waals surface area contributed by atoms with Crippen molar-refractivity contribution in [1.82, 2.24) is 10.3 Å². The maximum absolute atomic E-state index is 12.0. The van der Waals surface area contributed by atoms with Gasteiger partial charge in [-0.05, 0) is 39.3 Å². The molecule has 1 aromatic heterocycles. The number of aromatic amines is 1. The fourth-order valence-electron chi connectivity index (χ4n) is 2.19. The van der Waals surface area contributed by atoms with Crippen LogP contribution in [0.5, 0.6) is 0 Å². The highest BCUT2D eigenvalue weighted by Crippen LogP contribution is 2.22. The maximum Gasteiger partial charge on any atom is 0.224 e. The standard InChI is InChI=1S/C15H20N2O/c1-10-12(9-14(18)17-15(2,3)4)11-7-5-6-8-13(11)16-10/h5-8,16H,9H2,1-4H3,(H,17,18). The summed E-state index contributed by atoms with van der Waals surface area (Å²) in [4.78, 5) is 15.3. The SMILES string of the molecule is Cc1[nH]c2ccccc2c1CC(=O)NC(C)(C)C. The highest BCUT2D eigenvalue weighted by atomic mass is 16.1. The second kappa shape index (κ2) is 4.48. The molecule has 1 aromatic carbocycles. The minimum Gasteiger partial charge on any atom is -0.358 e. The van der Waals surface area contributed by atoms with Gasteiger partial charge < -0.3 is 10.3 Å². The van der Waals surface area contributed by atoms with Crippen LogP contribution in [0.1, 0.15) is 32.0 Å². The van der Waals surface area contributed by atoms with Gasteiger partial charge in [-0.2, -0.15) is 0 Å². The molecule has 0 aliphatic carbocycles. The number of rotatable bonds is 2. The lowest BCUT2D eigenvalue weighted by molar-refractivity contribution is -0.121. The van der Waals surface area contributed by atoms with E-state index in [0.29, 0.717) is 6.42 Å². The first-order valence-corrected chi connectivity index (χ1v) is 6.24. The number of benzene rings is 1. The summed E-state index contributed by atoms with van der Waals surface area (Å²) in [5.74, 6) is 0.0651. The minimum absolute atomic E-state index is 0.0651. The molecule has 1 amide bonds. The smallest absolute Gasteiger partial charge is 0.224 e. The van der Waals surface area contributed by atoms with Gasteiger partial charge in [0.25, 0.3) is 0 Å². The topological polar surface area (TPSA) is 44.9 Å². The van der Waals surface area contributed by atoms with Gasteiger partial charge in [0.2, 0.25) is 5.91 Å². The van der Waals surface area contributed by atoms with E-state index in [1.165, 1.54) is 0 Å². The molecule has 96 valence electrons. The molecule has 0 atom stereocenters. The van der Waals surface area contributed by atoms with Gasteiger partial charge in [0.15, 0.2) is 0 Å². The van der Waals surface area contributed by atoms with Crippen molar-refractivity contribution < 1.29 is 4.79 Å². The molecule has 1 heterocycles. The van der Waals surface area contributed by atoms with Crippen molar-refractivity contribution in [2.75, 3.05) is 0 Å². The lowest BCUT2D eigenvalue weighted by Gasteiger charge is -2.20. The molecule has 3 nitrogen and oxygen atoms in total. The minimum atomic E-state index is -0.183. The second-order valence-electron chi connectivity index (χ2n) is 5.75. The summed E-state index contributed by atoms with van der Waals surface area (Å²) in [6, 6.07) is 8.09. The number of H-pyrrole nitrogens is 1. The van der Waals surface area contributed by atoms with Gasteiger partial charge in [0.05, 0.1) is 6.42 Å². The van der Waals surface area contributed by atoms with Crippen LogP contribution in [0.25, 0.3) is 10.9 Å². The number of carbonyl (C=O) groups excluding carboxylic acids is 1. The van der Waals surface area contributed by atoms with Crippen LogP contribution in [0, 0.1) is 6.92 Å². The van der Waals surface area contributed by atoms with Crippen LogP contribution in [0.3, 0.4) is 0 Å². The Bertz CT molecular complexity index is 576. The van der Waals surface area contributed by atoms with E-state index in [9.17, 15) is 4.79 Å². The summed E-state index contributed by atoms with van der Waals surface area (Å²) in [7, 11) is 0. The quantitative estimate of drug-likeness (QED) is 0.838. The third-order valence-corrected chi connectivity index (χ3v) is 2.88. The zero-order chi connectivity index (χ0) is 13.3. The van der Waals surface area contributed by atoms with E-state index < -0.39 is 0 Å². The van der Waals surface area contributed by atoms with Crippen molar-refractivity contribution in [2.45, 2.75) is 39.7 Å². The number of amides is 1. The molecule has 18 heavy (non-hydrogen) atoms. The number of para-hydroxylation sites is 1. The van der Waals surface area contributed by atoms with Crippen molar-refractivity contribution in [1.29, 1.82) is 0 Å². The van der Waals surface area contributed by atoms with Crippen LogP contribution >= 0.6 is 0 Å². The third kappa shape index (κ3) is 2.73. The second-order valence-corrected chi connectivity index (χ2v) is 5.75. The molecule has 2 rings (SSSR count).